The summed E-state index contributed by atoms with van der Waals surface area (Å²) >= 11 is 5.95. The summed E-state index contributed by atoms with van der Waals surface area (Å²) in [4.78, 5) is 17.1. The zero-order valence-electron chi connectivity index (χ0n) is 20.6. The number of benzene rings is 2. The Morgan fingerprint density at radius 2 is 1.70 bits per heavy atom. The Hall–Kier alpha value is -3.61. The maximum absolute atomic E-state index is 14.8. The second-order valence-corrected chi connectivity index (χ2v) is 9.25. The van der Waals surface area contributed by atoms with E-state index >= 15 is 0 Å². The first-order valence-corrected chi connectivity index (χ1v) is 11.9. The number of pyridine rings is 1. The van der Waals surface area contributed by atoms with Gasteiger partial charge in [0.1, 0.15) is 17.1 Å². The van der Waals surface area contributed by atoms with Crippen LogP contribution in [0.3, 0.4) is 0 Å². The standard InChI is InChI=1S/C26H22ClF8N3O2/c1-15-2-4-16(5-3-15)13-24(21-7-6-18(27)14-37-21,38-23(39)36-9-8-25(31,32)33)17-10-19(28)12-20(11-17)40-26(34,35)22(29)30/h2-7,10-12,14,22H,8-9,13H2,1H3,(H2,36,38,39). The van der Waals surface area contributed by atoms with Gasteiger partial charge in [-0.25, -0.2) is 9.18 Å². The molecule has 0 aliphatic heterocycles. The number of carbonyl (C=O) groups is 1. The minimum absolute atomic E-state index is 0.0272. The lowest BCUT2D eigenvalue weighted by molar-refractivity contribution is -0.253. The zero-order chi connectivity index (χ0) is 29.7. The van der Waals surface area contributed by atoms with Crippen molar-refractivity contribution in [3.05, 3.63) is 94.0 Å². The number of hydrogen-bond acceptors (Lipinski definition) is 3. The van der Waals surface area contributed by atoms with E-state index in [1.807, 2.05) is 0 Å². The van der Waals surface area contributed by atoms with Crippen LogP contribution in [0.4, 0.5) is 39.9 Å². The number of aryl methyl sites for hydroxylation is 1. The van der Waals surface area contributed by atoms with Crippen molar-refractivity contribution in [3.8, 4) is 5.75 Å². The number of urea groups is 1. The number of nitrogens with zero attached hydrogens (tertiary/aromatic N) is 1. The summed E-state index contributed by atoms with van der Waals surface area (Å²) in [5.74, 6) is -2.19. The van der Waals surface area contributed by atoms with Crippen LogP contribution in [0.15, 0.2) is 60.8 Å². The highest BCUT2D eigenvalue weighted by molar-refractivity contribution is 6.30. The molecule has 2 amide bonds. The topological polar surface area (TPSA) is 63.2 Å². The summed E-state index contributed by atoms with van der Waals surface area (Å²) in [7, 11) is 0. The van der Waals surface area contributed by atoms with Gasteiger partial charge in [0, 0.05) is 25.2 Å². The maximum atomic E-state index is 14.8. The average Bonchev–Trinajstić information content (AvgIpc) is 2.84. The molecule has 1 aromatic heterocycles. The molecule has 0 aliphatic carbocycles. The molecule has 1 unspecified atom stereocenters. The van der Waals surface area contributed by atoms with E-state index in [1.165, 1.54) is 18.3 Å². The predicted octanol–water partition coefficient (Wildman–Crippen LogP) is 7.16. The molecule has 2 aromatic carbocycles. The lowest BCUT2D eigenvalue weighted by Crippen LogP contribution is -2.53. The molecule has 0 saturated heterocycles. The van der Waals surface area contributed by atoms with Crippen LogP contribution < -0.4 is 15.4 Å². The van der Waals surface area contributed by atoms with E-state index in [-0.39, 0.29) is 22.7 Å². The largest absolute Gasteiger partial charge is 0.461 e. The number of halogens is 9. The number of nitrogens with one attached hydrogen (secondary N) is 2. The van der Waals surface area contributed by atoms with Gasteiger partial charge in [-0.05, 0) is 42.3 Å². The smallest absolute Gasteiger partial charge is 0.428 e. The number of aromatic nitrogens is 1. The molecule has 1 atom stereocenters. The van der Waals surface area contributed by atoms with Crippen molar-refractivity contribution < 1.29 is 44.7 Å². The molecular weight excluding hydrogens is 574 g/mol. The summed E-state index contributed by atoms with van der Waals surface area (Å²) in [6.07, 6.45) is -14.2. The summed E-state index contributed by atoms with van der Waals surface area (Å²) in [6.45, 7) is 0.978. The molecule has 40 heavy (non-hydrogen) atoms. The van der Waals surface area contributed by atoms with E-state index in [9.17, 15) is 39.9 Å². The van der Waals surface area contributed by atoms with Crippen LogP contribution in [-0.2, 0) is 12.0 Å². The minimum Gasteiger partial charge on any atom is -0.428 e. The van der Waals surface area contributed by atoms with Crippen molar-refractivity contribution in [2.24, 2.45) is 0 Å². The van der Waals surface area contributed by atoms with Gasteiger partial charge in [0.05, 0.1) is 17.1 Å². The van der Waals surface area contributed by atoms with Gasteiger partial charge in [-0.15, -0.1) is 0 Å². The average molecular weight is 596 g/mol. The van der Waals surface area contributed by atoms with Crippen LogP contribution in [0.1, 0.15) is 28.8 Å². The highest BCUT2D eigenvalue weighted by Crippen LogP contribution is 2.37. The predicted molar refractivity (Wildman–Crippen MR) is 130 cm³/mol. The Kier molecular flexibility index (Phi) is 9.49. The third-order valence-corrected chi connectivity index (χ3v) is 5.87. The second-order valence-electron chi connectivity index (χ2n) is 8.82. The van der Waals surface area contributed by atoms with Crippen molar-refractivity contribution in [1.82, 2.24) is 15.6 Å². The zero-order valence-corrected chi connectivity index (χ0v) is 21.4. The van der Waals surface area contributed by atoms with Crippen LogP contribution in [0.5, 0.6) is 5.75 Å². The fraction of sp³-hybridized carbons (Fsp3) is 0.308. The number of amides is 2. The summed E-state index contributed by atoms with van der Waals surface area (Å²) in [5.41, 5.74) is -0.896. The van der Waals surface area contributed by atoms with Crippen LogP contribution in [0.2, 0.25) is 5.02 Å². The Morgan fingerprint density at radius 3 is 2.27 bits per heavy atom. The molecule has 0 radical (unpaired) electrons. The third-order valence-electron chi connectivity index (χ3n) is 5.65. The van der Waals surface area contributed by atoms with Gasteiger partial charge in [-0.3, -0.25) is 4.98 Å². The molecule has 0 spiro atoms. The minimum atomic E-state index is -4.98. The van der Waals surface area contributed by atoms with Crippen LogP contribution in [0.25, 0.3) is 0 Å². The molecule has 0 aliphatic rings. The van der Waals surface area contributed by atoms with Gasteiger partial charge >= 0.3 is 24.7 Å². The Labute approximate surface area is 228 Å². The Balaban J connectivity index is 2.18. The fourth-order valence-corrected chi connectivity index (χ4v) is 3.90. The monoisotopic (exact) mass is 595 g/mol. The molecule has 0 bridgehead atoms. The molecule has 0 fully saturated rings. The van der Waals surface area contributed by atoms with E-state index < -0.39 is 54.8 Å². The van der Waals surface area contributed by atoms with E-state index in [4.69, 9.17) is 11.6 Å². The second kappa shape index (κ2) is 12.3. The summed E-state index contributed by atoms with van der Waals surface area (Å²) in [5, 5.41) is 4.70. The SMILES string of the molecule is Cc1ccc(CC(NC(=O)NCCC(F)(F)F)(c2cc(F)cc(OC(F)(F)C(F)F)c2)c2ccc(Cl)cn2)cc1. The van der Waals surface area contributed by atoms with Gasteiger partial charge in [-0.2, -0.15) is 30.7 Å². The van der Waals surface area contributed by atoms with Crippen LogP contribution in [0, 0.1) is 12.7 Å². The van der Waals surface area contributed by atoms with Crippen LogP contribution >= 0.6 is 11.6 Å². The third kappa shape index (κ3) is 8.20. The number of rotatable bonds is 10. The molecule has 1 heterocycles. The van der Waals surface area contributed by atoms with Gasteiger partial charge < -0.3 is 15.4 Å². The summed E-state index contributed by atoms with van der Waals surface area (Å²) < 4.78 is 110. The van der Waals surface area contributed by atoms with Crippen molar-refractivity contribution in [1.29, 1.82) is 0 Å². The highest BCUT2D eigenvalue weighted by Gasteiger charge is 2.45. The van der Waals surface area contributed by atoms with E-state index in [1.54, 1.807) is 31.2 Å². The molecule has 3 rings (SSSR count). The first-order valence-electron chi connectivity index (χ1n) is 11.6. The van der Waals surface area contributed by atoms with E-state index in [0.29, 0.717) is 11.6 Å². The van der Waals surface area contributed by atoms with Crippen LogP contribution in [-0.4, -0.2) is 36.3 Å². The quantitative estimate of drug-likeness (QED) is 0.245. The van der Waals surface area contributed by atoms with Crippen molar-refractivity contribution in [3.63, 3.8) is 0 Å². The van der Waals surface area contributed by atoms with Crippen molar-refractivity contribution in [2.75, 3.05) is 6.54 Å². The first kappa shape index (κ1) is 30.9. The fourth-order valence-electron chi connectivity index (χ4n) is 3.79. The Bertz CT molecular complexity index is 1300. The number of carbonyl (C=O) groups excluding carboxylic acids is 1. The lowest BCUT2D eigenvalue weighted by Gasteiger charge is -2.36. The molecule has 5 nitrogen and oxygen atoms in total. The first-order chi connectivity index (χ1) is 18.6. The molecule has 3 aromatic rings. The van der Waals surface area contributed by atoms with Gasteiger partial charge in [0.15, 0.2) is 0 Å². The van der Waals surface area contributed by atoms with E-state index in [0.717, 1.165) is 17.7 Å². The molecule has 0 saturated carbocycles. The highest BCUT2D eigenvalue weighted by atomic mass is 35.5. The molecular formula is C26H22ClF8N3O2. The molecule has 14 heteroatoms. The lowest BCUT2D eigenvalue weighted by atomic mass is 9.80. The van der Waals surface area contributed by atoms with Gasteiger partial charge in [-0.1, -0.05) is 41.4 Å². The Morgan fingerprint density at radius 1 is 1.02 bits per heavy atom. The molecule has 2 N–H and O–H groups in total. The summed E-state index contributed by atoms with van der Waals surface area (Å²) in [6, 6.07) is 10.3. The molecule has 216 valence electrons. The van der Waals surface area contributed by atoms with Crippen molar-refractivity contribution >= 4 is 17.6 Å². The van der Waals surface area contributed by atoms with Crippen molar-refractivity contribution in [2.45, 2.75) is 44.0 Å². The number of hydrogen-bond donors (Lipinski definition) is 2. The number of alkyl halides is 7. The normalized spacial score (nSPS) is 13.6. The maximum Gasteiger partial charge on any atom is 0.461 e. The van der Waals surface area contributed by atoms with Gasteiger partial charge in [0.25, 0.3) is 0 Å². The number of ether oxygens (including phenoxy) is 1. The van der Waals surface area contributed by atoms with Gasteiger partial charge in [0.2, 0.25) is 0 Å². The van der Waals surface area contributed by atoms with E-state index in [2.05, 4.69) is 20.4 Å².